The van der Waals surface area contributed by atoms with Crippen LogP contribution < -0.4 is 10.1 Å². The molecular formula is C14H15N3O4S2. The molecule has 23 heavy (non-hydrogen) atoms. The van der Waals surface area contributed by atoms with E-state index in [4.69, 9.17) is 4.74 Å². The Kier molecular flexibility index (Phi) is 5.94. The highest BCUT2D eigenvalue weighted by Gasteiger charge is 2.17. The van der Waals surface area contributed by atoms with Crippen molar-refractivity contribution in [3.05, 3.63) is 39.4 Å². The number of nitrogens with zero attached hydrogens (tertiary/aromatic N) is 2. The van der Waals surface area contributed by atoms with Crippen LogP contribution in [0.15, 0.2) is 27.9 Å². The zero-order chi connectivity index (χ0) is 16.8. The highest BCUT2D eigenvalue weighted by molar-refractivity contribution is 8.01. The van der Waals surface area contributed by atoms with Crippen LogP contribution in [0, 0.1) is 17.0 Å². The molecule has 0 aliphatic heterocycles. The number of nitro benzene ring substituents is 1. The molecule has 1 heterocycles. The zero-order valence-corrected chi connectivity index (χ0v) is 14.2. The van der Waals surface area contributed by atoms with Gasteiger partial charge < -0.3 is 10.1 Å². The zero-order valence-electron chi connectivity index (χ0n) is 12.6. The number of anilines is 1. The number of nitrogens with one attached hydrogen (secondary N) is 1. The van der Waals surface area contributed by atoms with Crippen molar-refractivity contribution in [1.82, 2.24) is 4.98 Å². The maximum atomic E-state index is 12.0. The van der Waals surface area contributed by atoms with E-state index in [9.17, 15) is 14.9 Å². The minimum Gasteiger partial charge on any atom is -0.494 e. The first-order valence-corrected chi connectivity index (χ1v) is 8.62. The summed E-state index contributed by atoms with van der Waals surface area (Å²) >= 11 is 2.76. The number of ether oxygens (including phenoxy) is 1. The highest BCUT2D eigenvalue weighted by Crippen LogP contribution is 2.29. The fraction of sp³-hybridized carbons (Fsp3) is 0.286. The SMILES string of the molecule is CCOc1ccc(NC(=O)CSc2nc(C)cs2)c([N+](=O)[O-])c1. The molecule has 0 spiro atoms. The van der Waals surface area contributed by atoms with E-state index in [1.54, 1.807) is 13.0 Å². The number of aromatic nitrogens is 1. The topological polar surface area (TPSA) is 94.4 Å². The van der Waals surface area contributed by atoms with Gasteiger partial charge in [0.15, 0.2) is 4.34 Å². The lowest BCUT2D eigenvalue weighted by molar-refractivity contribution is -0.384. The standard InChI is InChI=1S/C14H15N3O4S2/c1-3-21-10-4-5-11(12(6-10)17(19)20)16-13(18)8-23-14-15-9(2)7-22-14/h4-7H,3,8H2,1-2H3,(H,16,18). The Balaban J connectivity index is 2.03. The quantitative estimate of drug-likeness (QED) is 0.465. The van der Waals surface area contributed by atoms with Crippen LogP contribution in [0.5, 0.6) is 5.75 Å². The molecule has 0 aliphatic rings. The molecule has 2 rings (SSSR count). The molecule has 0 unspecified atom stereocenters. The van der Waals surface area contributed by atoms with E-state index in [2.05, 4.69) is 10.3 Å². The Morgan fingerprint density at radius 1 is 1.52 bits per heavy atom. The van der Waals surface area contributed by atoms with E-state index >= 15 is 0 Å². The summed E-state index contributed by atoms with van der Waals surface area (Å²) < 4.78 is 6.03. The van der Waals surface area contributed by atoms with Crippen LogP contribution in [0.2, 0.25) is 0 Å². The number of aryl methyl sites for hydroxylation is 1. The molecule has 0 bridgehead atoms. The Morgan fingerprint density at radius 3 is 2.91 bits per heavy atom. The number of rotatable bonds is 7. The number of thioether (sulfide) groups is 1. The van der Waals surface area contributed by atoms with Crippen molar-refractivity contribution in [2.45, 2.75) is 18.2 Å². The summed E-state index contributed by atoms with van der Waals surface area (Å²) in [5, 5.41) is 15.6. The van der Waals surface area contributed by atoms with Gasteiger partial charge in [0.25, 0.3) is 5.69 Å². The third kappa shape index (κ3) is 4.93. The molecule has 1 aromatic heterocycles. The Hall–Kier alpha value is -2.13. The van der Waals surface area contributed by atoms with Gasteiger partial charge in [0.1, 0.15) is 11.4 Å². The highest BCUT2D eigenvalue weighted by atomic mass is 32.2. The van der Waals surface area contributed by atoms with E-state index in [-0.39, 0.29) is 23.0 Å². The number of hydrogen-bond acceptors (Lipinski definition) is 7. The lowest BCUT2D eigenvalue weighted by Gasteiger charge is -2.08. The van der Waals surface area contributed by atoms with Gasteiger partial charge in [-0.05, 0) is 26.0 Å². The fourth-order valence-corrected chi connectivity index (χ4v) is 3.39. The van der Waals surface area contributed by atoms with Crippen LogP contribution in [0.3, 0.4) is 0 Å². The first kappa shape index (κ1) is 17.2. The van der Waals surface area contributed by atoms with E-state index in [0.29, 0.717) is 12.4 Å². The molecule has 1 N–H and O–H groups in total. The van der Waals surface area contributed by atoms with E-state index in [1.165, 1.54) is 35.2 Å². The molecule has 0 atom stereocenters. The molecule has 1 aromatic carbocycles. The maximum Gasteiger partial charge on any atom is 0.296 e. The summed E-state index contributed by atoms with van der Waals surface area (Å²) in [4.78, 5) is 26.8. The van der Waals surface area contributed by atoms with Crippen LogP contribution in [0.1, 0.15) is 12.6 Å². The largest absolute Gasteiger partial charge is 0.494 e. The molecule has 122 valence electrons. The van der Waals surface area contributed by atoms with Gasteiger partial charge in [-0.3, -0.25) is 14.9 Å². The number of carbonyl (C=O) groups excluding carboxylic acids is 1. The van der Waals surface area contributed by atoms with Gasteiger partial charge in [-0.25, -0.2) is 4.98 Å². The maximum absolute atomic E-state index is 12.0. The molecule has 7 nitrogen and oxygen atoms in total. The summed E-state index contributed by atoms with van der Waals surface area (Å²) in [6.45, 7) is 4.08. The van der Waals surface area contributed by atoms with Gasteiger partial charge in [-0.1, -0.05) is 11.8 Å². The summed E-state index contributed by atoms with van der Waals surface area (Å²) in [6.07, 6.45) is 0. The number of benzene rings is 1. The summed E-state index contributed by atoms with van der Waals surface area (Å²) in [6, 6.07) is 4.36. The number of carbonyl (C=O) groups is 1. The number of thiazole rings is 1. The van der Waals surface area contributed by atoms with Crippen molar-refractivity contribution >= 4 is 40.4 Å². The molecule has 0 saturated heterocycles. The second kappa shape index (κ2) is 7.93. The first-order chi connectivity index (χ1) is 11.0. The van der Waals surface area contributed by atoms with Crippen LogP contribution >= 0.6 is 23.1 Å². The predicted octanol–water partition coefficient (Wildman–Crippen LogP) is 3.49. The van der Waals surface area contributed by atoms with E-state index in [0.717, 1.165) is 10.0 Å². The normalized spacial score (nSPS) is 10.3. The molecule has 9 heteroatoms. The van der Waals surface area contributed by atoms with Crippen molar-refractivity contribution in [3.8, 4) is 5.75 Å². The monoisotopic (exact) mass is 353 g/mol. The van der Waals surface area contributed by atoms with Gasteiger partial charge >= 0.3 is 0 Å². The van der Waals surface area contributed by atoms with E-state index in [1.807, 2.05) is 12.3 Å². The number of nitro groups is 1. The molecule has 0 saturated carbocycles. The Labute approximate surface area is 141 Å². The second-order valence-corrected chi connectivity index (χ2v) is 6.54. The first-order valence-electron chi connectivity index (χ1n) is 6.75. The third-order valence-corrected chi connectivity index (χ3v) is 4.81. The van der Waals surface area contributed by atoms with Crippen LogP contribution in [-0.4, -0.2) is 28.2 Å². The predicted molar refractivity (Wildman–Crippen MR) is 90.5 cm³/mol. The van der Waals surface area contributed by atoms with Gasteiger partial charge in [0.05, 0.1) is 23.3 Å². The molecule has 0 fully saturated rings. The van der Waals surface area contributed by atoms with Gasteiger partial charge in [-0.15, -0.1) is 11.3 Å². The Bertz CT molecular complexity index is 718. The minimum absolute atomic E-state index is 0.136. The minimum atomic E-state index is -0.546. The third-order valence-electron chi connectivity index (χ3n) is 2.68. The van der Waals surface area contributed by atoms with Crippen LogP contribution in [-0.2, 0) is 4.79 Å². The molecule has 2 aromatic rings. The fourth-order valence-electron chi connectivity index (χ4n) is 1.74. The lowest BCUT2D eigenvalue weighted by Crippen LogP contribution is -2.15. The molecule has 0 radical (unpaired) electrons. The van der Waals surface area contributed by atoms with E-state index < -0.39 is 4.92 Å². The number of hydrogen-bond donors (Lipinski definition) is 1. The van der Waals surface area contributed by atoms with Crippen LogP contribution in [0.4, 0.5) is 11.4 Å². The molecule has 0 aliphatic carbocycles. The summed E-state index contributed by atoms with van der Waals surface area (Å²) in [5.74, 6) is 0.206. The summed E-state index contributed by atoms with van der Waals surface area (Å²) in [5.41, 5.74) is 0.860. The second-order valence-electron chi connectivity index (χ2n) is 4.46. The van der Waals surface area contributed by atoms with Crippen molar-refractivity contribution in [2.75, 3.05) is 17.7 Å². The molecular weight excluding hydrogens is 338 g/mol. The van der Waals surface area contributed by atoms with Gasteiger partial charge in [-0.2, -0.15) is 0 Å². The molecule has 1 amide bonds. The summed E-state index contributed by atoms with van der Waals surface area (Å²) in [7, 11) is 0. The van der Waals surface area contributed by atoms with Gasteiger partial charge in [0.2, 0.25) is 5.91 Å². The van der Waals surface area contributed by atoms with Crippen molar-refractivity contribution < 1.29 is 14.5 Å². The van der Waals surface area contributed by atoms with Crippen molar-refractivity contribution in [2.24, 2.45) is 0 Å². The van der Waals surface area contributed by atoms with Crippen LogP contribution in [0.25, 0.3) is 0 Å². The van der Waals surface area contributed by atoms with Crippen molar-refractivity contribution in [3.63, 3.8) is 0 Å². The average molecular weight is 353 g/mol. The van der Waals surface area contributed by atoms with Crippen molar-refractivity contribution in [1.29, 1.82) is 0 Å². The van der Waals surface area contributed by atoms with Gasteiger partial charge in [0, 0.05) is 11.1 Å². The smallest absolute Gasteiger partial charge is 0.296 e. The average Bonchev–Trinajstić information content (AvgIpc) is 2.92. The Morgan fingerprint density at radius 2 is 2.30 bits per heavy atom. The lowest BCUT2D eigenvalue weighted by atomic mass is 10.2. The number of amides is 1.